The molecular formula is C23H28N4O2. The number of nitrogens with one attached hydrogen (secondary N) is 2. The first kappa shape index (κ1) is 19.3. The largest absolute Gasteiger partial charge is 0.376 e. The SMILES string of the molecule is O=C(CNc1ccc(N2CCCC2=O)cc1)Nc1ccc(N2CCCCC2)cc1. The number of carbonyl (C=O) groups is 2. The van der Waals surface area contributed by atoms with Crippen LogP contribution in [0.15, 0.2) is 48.5 Å². The highest BCUT2D eigenvalue weighted by Gasteiger charge is 2.21. The number of piperidine rings is 1. The third-order valence-electron chi connectivity index (χ3n) is 5.58. The second-order valence-corrected chi connectivity index (χ2v) is 7.69. The number of amides is 2. The predicted octanol–water partition coefficient (Wildman–Crippen LogP) is 3.85. The molecule has 4 rings (SSSR count). The summed E-state index contributed by atoms with van der Waals surface area (Å²) in [6.45, 7) is 3.20. The summed E-state index contributed by atoms with van der Waals surface area (Å²) < 4.78 is 0. The summed E-state index contributed by atoms with van der Waals surface area (Å²) >= 11 is 0. The van der Waals surface area contributed by atoms with E-state index in [0.717, 1.165) is 43.1 Å². The standard InChI is InChI=1S/C23H28N4O2/c28-22(25-19-8-10-20(11-9-19)26-14-2-1-3-15-26)17-24-18-6-12-21(13-7-18)27-16-4-5-23(27)29/h6-13,24H,1-5,14-17H2,(H,25,28). The third-order valence-corrected chi connectivity index (χ3v) is 5.58. The van der Waals surface area contributed by atoms with Gasteiger partial charge in [0.05, 0.1) is 6.54 Å². The van der Waals surface area contributed by atoms with E-state index in [1.165, 1.54) is 24.9 Å². The van der Waals surface area contributed by atoms with Crippen molar-refractivity contribution in [2.75, 3.05) is 46.6 Å². The van der Waals surface area contributed by atoms with Crippen LogP contribution < -0.4 is 20.4 Å². The zero-order valence-corrected chi connectivity index (χ0v) is 16.7. The molecule has 6 heteroatoms. The van der Waals surface area contributed by atoms with Gasteiger partial charge in [0.25, 0.3) is 0 Å². The van der Waals surface area contributed by atoms with Crippen LogP contribution in [0.25, 0.3) is 0 Å². The number of benzene rings is 2. The van der Waals surface area contributed by atoms with E-state index < -0.39 is 0 Å². The van der Waals surface area contributed by atoms with Gasteiger partial charge in [-0.05, 0) is 74.2 Å². The summed E-state index contributed by atoms with van der Waals surface area (Å²) in [6, 6.07) is 15.7. The monoisotopic (exact) mass is 392 g/mol. The fourth-order valence-electron chi connectivity index (χ4n) is 3.98. The van der Waals surface area contributed by atoms with E-state index in [0.29, 0.717) is 6.42 Å². The molecular weight excluding hydrogens is 364 g/mol. The Morgan fingerprint density at radius 1 is 0.793 bits per heavy atom. The van der Waals surface area contributed by atoms with E-state index in [2.05, 4.69) is 27.7 Å². The van der Waals surface area contributed by atoms with Crippen molar-refractivity contribution in [2.24, 2.45) is 0 Å². The van der Waals surface area contributed by atoms with Gasteiger partial charge >= 0.3 is 0 Å². The molecule has 0 unspecified atom stereocenters. The number of rotatable bonds is 6. The first-order valence-electron chi connectivity index (χ1n) is 10.5. The highest BCUT2D eigenvalue weighted by Crippen LogP contribution is 2.23. The maximum atomic E-state index is 12.3. The van der Waals surface area contributed by atoms with Crippen LogP contribution >= 0.6 is 0 Å². The summed E-state index contributed by atoms with van der Waals surface area (Å²) in [5.41, 5.74) is 3.80. The summed E-state index contributed by atoms with van der Waals surface area (Å²) in [6.07, 6.45) is 5.35. The van der Waals surface area contributed by atoms with Crippen molar-refractivity contribution in [3.05, 3.63) is 48.5 Å². The maximum Gasteiger partial charge on any atom is 0.243 e. The van der Waals surface area contributed by atoms with E-state index in [1.54, 1.807) is 0 Å². The highest BCUT2D eigenvalue weighted by atomic mass is 16.2. The van der Waals surface area contributed by atoms with Gasteiger partial charge in [-0.3, -0.25) is 9.59 Å². The maximum absolute atomic E-state index is 12.3. The van der Waals surface area contributed by atoms with Gasteiger partial charge in [0, 0.05) is 48.8 Å². The first-order chi connectivity index (χ1) is 14.2. The minimum atomic E-state index is -0.0884. The zero-order valence-electron chi connectivity index (χ0n) is 16.7. The molecule has 2 fully saturated rings. The molecule has 6 nitrogen and oxygen atoms in total. The Kier molecular flexibility index (Phi) is 5.98. The quantitative estimate of drug-likeness (QED) is 0.784. The molecule has 0 spiro atoms. The number of nitrogens with zero attached hydrogens (tertiary/aromatic N) is 2. The van der Waals surface area contributed by atoms with Gasteiger partial charge in [0.1, 0.15) is 0 Å². The lowest BCUT2D eigenvalue weighted by molar-refractivity contribution is -0.117. The molecule has 0 aliphatic carbocycles. The van der Waals surface area contributed by atoms with Gasteiger partial charge in [-0.25, -0.2) is 0 Å². The molecule has 2 aliphatic heterocycles. The molecule has 29 heavy (non-hydrogen) atoms. The minimum Gasteiger partial charge on any atom is -0.376 e. The van der Waals surface area contributed by atoms with E-state index in [9.17, 15) is 9.59 Å². The second-order valence-electron chi connectivity index (χ2n) is 7.69. The van der Waals surface area contributed by atoms with E-state index >= 15 is 0 Å². The van der Waals surface area contributed by atoms with Gasteiger partial charge in [-0.2, -0.15) is 0 Å². The average Bonchev–Trinajstić information content (AvgIpc) is 3.20. The van der Waals surface area contributed by atoms with Gasteiger partial charge in [-0.1, -0.05) is 0 Å². The molecule has 2 aromatic rings. The molecule has 0 aromatic heterocycles. The van der Waals surface area contributed by atoms with Crippen molar-refractivity contribution in [1.82, 2.24) is 0 Å². The molecule has 0 atom stereocenters. The van der Waals surface area contributed by atoms with Crippen LogP contribution in [0.3, 0.4) is 0 Å². The van der Waals surface area contributed by atoms with Gasteiger partial charge in [0.15, 0.2) is 0 Å². The molecule has 0 saturated carbocycles. The Labute approximate surface area is 171 Å². The molecule has 0 radical (unpaired) electrons. The number of hydrogen-bond acceptors (Lipinski definition) is 4. The minimum absolute atomic E-state index is 0.0884. The van der Waals surface area contributed by atoms with Gasteiger partial charge in [0.2, 0.25) is 11.8 Å². The lowest BCUT2D eigenvalue weighted by atomic mass is 10.1. The van der Waals surface area contributed by atoms with Crippen LogP contribution in [0.2, 0.25) is 0 Å². The molecule has 2 aromatic carbocycles. The number of carbonyl (C=O) groups excluding carboxylic acids is 2. The molecule has 0 bridgehead atoms. The topological polar surface area (TPSA) is 64.7 Å². The van der Waals surface area contributed by atoms with Crippen LogP contribution in [-0.2, 0) is 9.59 Å². The van der Waals surface area contributed by atoms with Crippen LogP contribution in [0.5, 0.6) is 0 Å². The van der Waals surface area contributed by atoms with Crippen LogP contribution in [0, 0.1) is 0 Å². The predicted molar refractivity (Wildman–Crippen MR) is 118 cm³/mol. The van der Waals surface area contributed by atoms with Crippen molar-refractivity contribution < 1.29 is 9.59 Å². The highest BCUT2D eigenvalue weighted by molar-refractivity contribution is 5.96. The van der Waals surface area contributed by atoms with Crippen LogP contribution in [0.4, 0.5) is 22.7 Å². The van der Waals surface area contributed by atoms with Crippen molar-refractivity contribution in [2.45, 2.75) is 32.1 Å². The summed E-state index contributed by atoms with van der Waals surface area (Å²) in [5, 5.41) is 6.06. The molecule has 2 aliphatic rings. The molecule has 2 heterocycles. The second kappa shape index (κ2) is 8.99. The van der Waals surface area contributed by atoms with Crippen molar-refractivity contribution in [1.29, 1.82) is 0 Å². The Hall–Kier alpha value is -3.02. The van der Waals surface area contributed by atoms with Crippen LogP contribution in [-0.4, -0.2) is 38.0 Å². The van der Waals surface area contributed by atoms with Crippen molar-refractivity contribution >= 4 is 34.6 Å². The molecule has 2 amide bonds. The zero-order chi connectivity index (χ0) is 20.1. The lowest BCUT2D eigenvalue weighted by Crippen LogP contribution is -2.29. The first-order valence-corrected chi connectivity index (χ1v) is 10.5. The molecule has 152 valence electrons. The van der Waals surface area contributed by atoms with E-state index in [1.807, 2.05) is 41.3 Å². The van der Waals surface area contributed by atoms with Gasteiger partial charge in [-0.15, -0.1) is 0 Å². The van der Waals surface area contributed by atoms with Crippen molar-refractivity contribution in [3.63, 3.8) is 0 Å². The number of hydrogen-bond donors (Lipinski definition) is 2. The summed E-state index contributed by atoms with van der Waals surface area (Å²) in [4.78, 5) is 28.3. The lowest BCUT2D eigenvalue weighted by Gasteiger charge is -2.28. The smallest absolute Gasteiger partial charge is 0.243 e. The van der Waals surface area contributed by atoms with Crippen LogP contribution in [0.1, 0.15) is 32.1 Å². The van der Waals surface area contributed by atoms with E-state index in [4.69, 9.17) is 0 Å². The summed E-state index contributed by atoms with van der Waals surface area (Å²) in [7, 11) is 0. The summed E-state index contributed by atoms with van der Waals surface area (Å²) in [5.74, 6) is 0.0888. The van der Waals surface area contributed by atoms with E-state index in [-0.39, 0.29) is 18.4 Å². The Morgan fingerprint density at radius 3 is 2.10 bits per heavy atom. The molecule has 2 saturated heterocycles. The Bertz CT molecular complexity index is 842. The molecule has 2 N–H and O–H groups in total. The fourth-order valence-corrected chi connectivity index (χ4v) is 3.98. The number of anilines is 4. The Balaban J connectivity index is 1.26. The normalized spacial score (nSPS) is 16.8. The average molecular weight is 393 g/mol. The fraction of sp³-hybridized carbons (Fsp3) is 0.391. The van der Waals surface area contributed by atoms with Gasteiger partial charge < -0.3 is 20.4 Å². The third kappa shape index (κ3) is 4.88. The van der Waals surface area contributed by atoms with Crippen molar-refractivity contribution in [3.8, 4) is 0 Å². The Morgan fingerprint density at radius 2 is 1.45 bits per heavy atom.